The molecule has 1 unspecified atom stereocenters. The van der Waals surface area contributed by atoms with Gasteiger partial charge in [0.25, 0.3) is 5.91 Å². The van der Waals surface area contributed by atoms with Gasteiger partial charge < -0.3 is 5.32 Å². The van der Waals surface area contributed by atoms with Crippen molar-refractivity contribution in [2.24, 2.45) is 0 Å². The summed E-state index contributed by atoms with van der Waals surface area (Å²) in [7, 11) is 0. The first-order chi connectivity index (χ1) is 11.2. The van der Waals surface area contributed by atoms with Crippen LogP contribution >= 0.6 is 11.6 Å². The van der Waals surface area contributed by atoms with Crippen LogP contribution in [0.1, 0.15) is 66.2 Å². The van der Waals surface area contributed by atoms with Gasteiger partial charge in [-0.1, -0.05) is 55.3 Å². The number of carbonyl (C=O) groups excluding carboxylic acids is 1. The lowest BCUT2D eigenvalue weighted by atomic mass is 10.0. The lowest BCUT2D eigenvalue weighted by molar-refractivity contribution is 0.0934. The summed E-state index contributed by atoms with van der Waals surface area (Å²) in [6.45, 7) is 2.12. The molecule has 0 bridgehead atoms. The van der Waals surface area contributed by atoms with E-state index in [1.165, 1.54) is 0 Å². The molecule has 3 nitrogen and oxygen atoms in total. The predicted molar refractivity (Wildman–Crippen MR) is 92.8 cm³/mol. The molecule has 2 aromatic rings. The van der Waals surface area contributed by atoms with Crippen molar-refractivity contribution in [2.45, 2.75) is 44.6 Å². The number of benzene rings is 1. The van der Waals surface area contributed by atoms with E-state index in [4.69, 9.17) is 11.6 Å². The highest BCUT2D eigenvalue weighted by molar-refractivity contribution is 6.29. The molecule has 1 atom stereocenters. The molecule has 0 aliphatic heterocycles. The molecule has 4 heteroatoms. The molecule has 1 aromatic carbocycles. The molecule has 120 valence electrons. The molecule has 1 aliphatic rings. The van der Waals surface area contributed by atoms with Crippen molar-refractivity contribution in [2.75, 3.05) is 0 Å². The highest BCUT2D eigenvalue weighted by atomic mass is 35.5. The molecule has 0 radical (unpaired) electrons. The topological polar surface area (TPSA) is 42.0 Å². The zero-order valence-electron chi connectivity index (χ0n) is 13.3. The van der Waals surface area contributed by atoms with E-state index in [1.54, 1.807) is 6.07 Å². The summed E-state index contributed by atoms with van der Waals surface area (Å²) in [5.41, 5.74) is 2.67. The summed E-state index contributed by atoms with van der Waals surface area (Å²) in [6, 6.07) is 13.6. The molecular formula is C19H21ClN2O. The molecule has 1 saturated carbocycles. The molecule has 1 fully saturated rings. The predicted octanol–water partition coefficient (Wildman–Crippen LogP) is 4.88. The SMILES string of the molecule is CCCC(NC(=O)c1cc(Cl)nc(C2CC2)c1)c1ccccc1. The van der Waals surface area contributed by atoms with Crippen LogP contribution in [0.2, 0.25) is 5.15 Å². The minimum absolute atomic E-state index is 0.0185. The maximum atomic E-state index is 12.7. The number of carbonyl (C=O) groups is 1. The van der Waals surface area contributed by atoms with E-state index < -0.39 is 0 Å². The number of nitrogens with one attached hydrogen (secondary N) is 1. The minimum Gasteiger partial charge on any atom is -0.345 e. The minimum atomic E-state index is -0.0847. The van der Waals surface area contributed by atoms with Crippen molar-refractivity contribution >= 4 is 17.5 Å². The average Bonchev–Trinajstić information content (AvgIpc) is 3.39. The maximum Gasteiger partial charge on any atom is 0.251 e. The normalized spacial score (nSPS) is 15.2. The van der Waals surface area contributed by atoms with E-state index in [-0.39, 0.29) is 11.9 Å². The molecule has 3 rings (SSSR count). The van der Waals surface area contributed by atoms with Gasteiger partial charge in [0.15, 0.2) is 0 Å². The molecular weight excluding hydrogens is 308 g/mol. The summed E-state index contributed by atoms with van der Waals surface area (Å²) in [5.74, 6) is 0.388. The van der Waals surface area contributed by atoms with Crippen LogP contribution in [0.3, 0.4) is 0 Å². The summed E-state index contributed by atoms with van der Waals surface area (Å²) >= 11 is 6.09. The Balaban J connectivity index is 1.79. The summed E-state index contributed by atoms with van der Waals surface area (Å²) in [5, 5.41) is 3.53. The van der Waals surface area contributed by atoms with Crippen LogP contribution in [0, 0.1) is 0 Å². The van der Waals surface area contributed by atoms with Gasteiger partial charge in [0.1, 0.15) is 5.15 Å². The summed E-state index contributed by atoms with van der Waals surface area (Å²) in [6.07, 6.45) is 4.18. The van der Waals surface area contributed by atoms with Crippen LogP contribution in [0.5, 0.6) is 0 Å². The van der Waals surface area contributed by atoms with Gasteiger partial charge in [0.2, 0.25) is 0 Å². The van der Waals surface area contributed by atoms with Gasteiger partial charge in [-0.05, 0) is 37.0 Å². The number of hydrogen-bond acceptors (Lipinski definition) is 2. The number of amides is 1. The van der Waals surface area contributed by atoms with Crippen molar-refractivity contribution in [1.29, 1.82) is 0 Å². The van der Waals surface area contributed by atoms with E-state index in [0.29, 0.717) is 16.6 Å². The largest absolute Gasteiger partial charge is 0.345 e. The van der Waals surface area contributed by atoms with Crippen molar-refractivity contribution in [3.63, 3.8) is 0 Å². The Hall–Kier alpha value is -1.87. The van der Waals surface area contributed by atoms with Crippen molar-refractivity contribution in [3.05, 3.63) is 64.4 Å². The lowest BCUT2D eigenvalue weighted by Gasteiger charge is -2.19. The Morgan fingerprint density at radius 2 is 2.04 bits per heavy atom. The van der Waals surface area contributed by atoms with Crippen LogP contribution in [-0.2, 0) is 0 Å². The number of rotatable bonds is 6. The van der Waals surface area contributed by atoms with Gasteiger partial charge in [-0.25, -0.2) is 4.98 Å². The lowest BCUT2D eigenvalue weighted by Crippen LogP contribution is -2.28. The molecule has 1 heterocycles. The first-order valence-corrected chi connectivity index (χ1v) is 8.58. The van der Waals surface area contributed by atoms with Gasteiger partial charge in [-0.2, -0.15) is 0 Å². The van der Waals surface area contributed by atoms with E-state index in [1.807, 2.05) is 24.3 Å². The molecule has 1 aromatic heterocycles. The maximum absolute atomic E-state index is 12.7. The number of aromatic nitrogens is 1. The molecule has 0 spiro atoms. The summed E-state index contributed by atoms with van der Waals surface area (Å²) < 4.78 is 0. The van der Waals surface area contributed by atoms with Crippen molar-refractivity contribution < 1.29 is 4.79 Å². The van der Waals surface area contributed by atoms with Gasteiger partial charge in [0, 0.05) is 17.2 Å². The molecule has 1 N–H and O–H groups in total. The Kier molecular flexibility index (Phi) is 4.97. The summed E-state index contributed by atoms with van der Waals surface area (Å²) in [4.78, 5) is 17.0. The highest BCUT2D eigenvalue weighted by Gasteiger charge is 2.26. The number of halogens is 1. The first kappa shape index (κ1) is 16.0. The highest BCUT2D eigenvalue weighted by Crippen LogP contribution is 2.39. The van der Waals surface area contributed by atoms with Gasteiger partial charge >= 0.3 is 0 Å². The Morgan fingerprint density at radius 3 is 2.70 bits per heavy atom. The van der Waals surface area contributed by atoms with Crippen LogP contribution in [0.25, 0.3) is 0 Å². The number of pyridine rings is 1. The quantitative estimate of drug-likeness (QED) is 0.767. The average molecular weight is 329 g/mol. The van der Waals surface area contributed by atoms with Crippen molar-refractivity contribution in [1.82, 2.24) is 10.3 Å². The van der Waals surface area contributed by atoms with E-state index in [9.17, 15) is 4.79 Å². The van der Waals surface area contributed by atoms with Gasteiger partial charge in [-0.15, -0.1) is 0 Å². The standard InChI is InChI=1S/C19H21ClN2O/c1-2-6-16(13-7-4-3-5-8-13)22-19(23)15-11-17(14-9-10-14)21-18(20)12-15/h3-5,7-8,11-12,14,16H,2,6,9-10H2,1H3,(H,22,23). The van der Waals surface area contributed by atoms with Gasteiger partial charge in [-0.3, -0.25) is 4.79 Å². The second kappa shape index (κ2) is 7.14. The zero-order valence-corrected chi connectivity index (χ0v) is 14.0. The molecule has 1 amide bonds. The molecule has 1 aliphatic carbocycles. The van der Waals surface area contributed by atoms with E-state index in [0.717, 1.165) is 36.9 Å². The Bertz CT molecular complexity index is 683. The third-order valence-corrected chi connectivity index (χ3v) is 4.35. The van der Waals surface area contributed by atoms with Crippen LogP contribution < -0.4 is 5.32 Å². The third-order valence-electron chi connectivity index (χ3n) is 4.16. The fraction of sp³-hybridized carbons (Fsp3) is 0.368. The van der Waals surface area contributed by atoms with Crippen LogP contribution in [0.4, 0.5) is 0 Å². The number of hydrogen-bond donors (Lipinski definition) is 1. The van der Waals surface area contributed by atoms with Crippen LogP contribution in [0.15, 0.2) is 42.5 Å². The smallest absolute Gasteiger partial charge is 0.251 e. The van der Waals surface area contributed by atoms with E-state index in [2.05, 4.69) is 29.4 Å². The zero-order chi connectivity index (χ0) is 16.2. The fourth-order valence-corrected chi connectivity index (χ4v) is 2.99. The Morgan fingerprint density at radius 1 is 1.30 bits per heavy atom. The van der Waals surface area contributed by atoms with E-state index >= 15 is 0 Å². The fourth-order valence-electron chi connectivity index (χ4n) is 2.77. The van der Waals surface area contributed by atoms with Crippen molar-refractivity contribution in [3.8, 4) is 0 Å². The van der Waals surface area contributed by atoms with Gasteiger partial charge in [0.05, 0.1) is 6.04 Å². The monoisotopic (exact) mass is 328 g/mol. The second-order valence-corrected chi connectivity index (χ2v) is 6.49. The molecule has 0 saturated heterocycles. The third kappa shape index (κ3) is 4.11. The van der Waals surface area contributed by atoms with Crippen LogP contribution in [-0.4, -0.2) is 10.9 Å². The first-order valence-electron chi connectivity index (χ1n) is 8.20. The Labute approximate surface area is 142 Å². The second-order valence-electron chi connectivity index (χ2n) is 6.10. The molecule has 23 heavy (non-hydrogen) atoms. The number of nitrogens with zero attached hydrogens (tertiary/aromatic N) is 1.